The Labute approximate surface area is 211 Å². The van der Waals surface area contributed by atoms with E-state index >= 15 is 0 Å². The quantitative estimate of drug-likeness (QED) is 0.0916. The molecular weight excluding hydrogens is 474 g/mol. The number of carboxylic acids is 1. The summed E-state index contributed by atoms with van der Waals surface area (Å²) in [5.41, 5.74) is 16.7. The van der Waals surface area contributed by atoms with E-state index in [1.54, 1.807) is 11.8 Å². The molecule has 9 N–H and O–H groups in total. The van der Waals surface area contributed by atoms with Gasteiger partial charge in [-0.3, -0.25) is 19.4 Å². The molecule has 0 spiro atoms. The van der Waals surface area contributed by atoms with Gasteiger partial charge in [0.15, 0.2) is 5.96 Å². The van der Waals surface area contributed by atoms with E-state index in [9.17, 15) is 24.3 Å². The fourth-order valence-corrected chi connectivity index (χ4v) is 4.37. The van der Waals surface area contributed by atoms with Crippen LogP contribution in [0.4, 0.5) is 0 Å². The number of likely N-dealkylation sites (tertiary alicyclic amines) is 1. The van der Waals surface area contributed by atoms with E-state index in [1.807, 2.05) is 20.1 Å². The molecule has 0 aliphatic carbocycles. The van der Waals surface area contributed by atoms with Gasteiger partial charge in [0.1, 0.15) is 18.1 Å². The van der Waals surface area contributed by atoms with Crippen molar-refractivity contribution in [3.05, 3.63) is 0 Å². The summed E-state index contributed by atoms with van der Waals surface area (Å²) in [4.78, 5) is 55.8. The number of nitrogens with one attached hydrogen (secondary N) is 2. The number of guanidine groups is 1. The van der Waals surface area contributed by atoms with E-state index in [4.69, 9.17) is 17.2 Å². The van der Waals surface area contributed by atoms with Crippen LogP contribution in [0.1, 0.15) is 52.4 Å². The SMILES string of the molecule is CSCCC(N)C(=O)NC(CCCN=C(N)N)C(=O)NC(CC(C)C)C(=O)N1CCCC1C(=O)O. The second kappa shape index (κ2) is 15.5. The molecule has 0 saturated carbocycles. The summed E-state index contributed by atoms with van der Waals surface area (Å²) in [6, 6.07) is -3.54. The Balaban J connectivity index is 3.00. The number of rotatable bonds is 15. The minimum Gasteiger partial charge on any atom is -0.480 e. The number of aliphatic imine (C=N–C) groups is 1. The number of carbonyl (C=O) groups is 4. The number of hydrogen-bond acceptors (Lipinski definition) is 7. The highest BCUT2D eigenvalue weighted by Gasteiger charge is 2.38. The van der Waals surface area contributed by atoms with Crippen molar-refractivity contribution in [3.63, 3.8) is 0 Å². The first-order valence-electron chi connectivity index (χ1n) is 11.9. The summed E-state index contributed by atoms with van der Waals surface area (Å²) in [6.07, 6.45) is 4.29. The lowest BCUT2D eigenvalue weighted by Gasteiger charge is -2.29. The van der Waals surface area contributed by atoms with Gasteiger partial charge < -0.3 is 37.8 Å². The molecule has 1 rings (SSSR count). The molecule has 1 fully saturated rings. The third kappa shape index (κ3) is 10.7. The number of amides is 3. The Hall–Kier alpha value is -2.54. The van der Waals surface area contributed by atoms with Crippen LogP contribution in [-0.4, -0.2) is 88.9 Å². The van der Waals surface area contributed by atoms with Crippen molar-refractivity contribution in [1.82, 2.24) is 15.5 Å². The number of nitrogens with two attached hydrogens (primary N) is 3. The predicted molar refractivity (Wildman–Crippen MR) is 137 cm³/mol. The Morgan fingerprint density at radius 3 is 2.34 bits per heavy atom. The number of aliphatic carboxylic acids is 1. The van der Waals surface area contributed by atoms with Gasteiger partial charge in [0.25, 0.3) is 0 Å². The van der Waals surface area contributed by atoms with Crippen LogP contribution < -0.4 is 27.8 Å². The predicted octanol–water partition coefficient (Wildman–Crippen LogP) is -0.788. The molecule has 3 amide bonds. The Morgan fingerprint density at radius 2 is 1.77 bits per heavy atom. The molecule has 35 heavy (non-hydrogen) atoms. The summed E-state index contributed by atoms with van der Waals surface area (Å²) >= 11 is 1.56. The van der Waals surface area contributed by atoms with Gasteiger partial charge in [-0.05, 0) is 56.5 Å². The average molecular weight is 516 g/mol. The molecule has 0 aromatic carbocycles. The lowest BCUT2D eigenvalue weighted by atomic mass is 10.0. The van der Waals surface area contributed by atoms with Gasteiger partial charge in [-0.1, -0.05) is 13.8 Å². The summed E-state index contributed by atoms with van der Waals surface area (Å²) in [6.45, 7) is 4.40. The molecule has 12 nitrogen and oxygen atoms in total. The zero-order valence-electron chi connectivity index (χ0n) is 20.9. The third-order valence-electron chi connectivity index (χ3n) is 5.69. The second-order valence-electron chi connectivity index (χ2n) is 9.12. The zero-order valence-corrected chi connectivity index (χ0v) is 21.7. The highest BCUT2D eigenvalue weighted by Crippen LogP contribution is 2.20. The standard InChI is InChI=1S/C22H41N7O5S/c1-13(2)12-16(20(32)29-10-5-7-17(29)21(33)34)28-19(31)15(6-4-9-26-22(24)25)27-18(30)14(23)8-11-35-3/h13-17H,4-12,23H2,1-3H3,(H,27,30)(H,28,31)(H,33,34)(H4,24,25,26). The maximum Gasteiger partial charge on any atom is 0.326 e. The summed E-state index contributed by atoms with van der Waals surface area (Å²) < 4.78 is 0. The molecule has 0 aromatic rings. The normalized spacial score (nSPS) is 18.0. The maximum atomic E-state index is 13.2. The van der Waals surface area contributed by atoms with Crippen molar-refractivity contribution < 1.29 is 24.3 Å². The molecule has 13 heteroatoms. The lowest BCUT2D eigenvalue weighted by molar-refractivity contribution is -0.149. The van der Waals surface area contributed by atoms with E-state index in [1.165, 1.54) is 4.90 Å². The van der Waals surface area contributed by atoms with Gasteiger partial charge in [-0.2, -0.15) is 11.8 Å². The smallest absolute Gasteiger partial charge is 0.326 e. The summed E-state index contributed by atoms with van der Waals surface area (Å²) in [5, 5.41) is 14.9. The van der Waals surface area contributed by atoms with Crippen LogP contribution in [0.25, 0.3) is 0 Å². The van der Waals surface area contributed by atoms with Crippen molar-refractivity contribution in [2.45, 2.75) is 76.5 Å². The molecule has 1 saturated heterocycles. The first kappa shape index (κ1) is 30.5. The van der Waals surface area contributed by atoms with E-state index in [0.717, 1.165) is 0 Å². The van der Waals surface area contributed by atoms with Crippen LogP contribution >= 0.6 is 11.8 Å². The zero-order chi connectivity index (χ0) is 26.5. The van der Waals surface area contributed by atoms with Crippen molar-refractivity contribution in [3.8, 4) is 0 Å². The van der Waals surface area contributed by atoms with Gasteiger partial charge in [-0.25, -0.2) is 4.79 Å². The Morgan fingerprint density at radius 1 is 1.11 bits per heavy atom. The number of hydrogen-bond donors (Lipinski definition) is 6. The van der Waals surface area contributed by atoms with Gasteiger partial charge in [-0.15, -0.1) is 0 Å². The van der Waals surface area contributed by atoms with Gasteiger partial charge in [0, 0.05) is 13.1 Å². The molecule has 0 radical (unpaired) electrons. The molecule has 4 unspecified atom stereocenters. The molecule has 1 aliphatic heterocycles. The maximum absolute atomic E-state index is 13.2. The van der Waals surface area contributed by atoms with Crippen molar-refractivity contribution in [2.75, 3.05) is 25.1 Å². The van der Waals surface area contributed by atoms with Crippen molar-refractivity contribution in [1.29, 1.82) is 0 Å². The monoisotopic (exact) mass is 515 g/mol. The van der Waals surface area contributed by atoms with Crippen LogP contribution in [0.2, 0.25) is 0 Å². The van der Waals surface area contributed by atoms with E-state index < -0.39 is 47.9 Å². The first-order valence-corrected chi connectivity index (χ1v) is 13.3. The minimum absolute atomic E-state index is 0.0602. The highest BCUT2D eigenvalue weighted by molar-refractivity contribution is 7.98. The number of carbonyl (C=O) groups excluding carboxylic acids is 3. The molecule has 0 bridgehead atoms. The topological polar surface area (TPSA) is 206 Å². The lowest BCUT2D eigenvalue weighted by Crippen LogP contribution is -2.57. The molecule has 200 valence electrons. The van der Waals surface area contributed by atoms with Gasteiger partial charge >= 0.3 is 5.97 Å². The van der Waals surface area contributed by atoms with E-state index in [-0.39, 0.29) is 24.8 Å². The minimum atomic E-state index is -1.06. The molecule has 0 aromatic heterocycles. The van der Waals surface area contributed by atoms with E-state index in [0.29, 0.717) is 44.4 Å². The van der Waals surface area contributed by atoms with Gasteiger partial charge in [0.2, 0.25) is 17.7 Å². The number of carboxylic acid groups (broad SMARTS) is 1. The Bertz CT molecular complexity index is 760. The van der Waals surface area contributed by atoms with Crippen LogP contribution in [0.5, 0.6) is 0 Å². The molecular formula is C22H41N7O5S. The molecule has 1 aliphatic rings. The largest absolute Gasteiger partial charge is 0.480 e. The molecule has 4 atom stereocenters. The average Bonchev–Trinajstić information content (AvgIpc) is 3.28. The highest BCUT2D eigenvalue weighted by atomic mass is 32.2. The summed E-state index contributed by atoms with van der Waals surface area (Å²) in [5.74, 6) is -1.81. The second-order valence-corrected chi connectivity index (χ2v) is 10.1. The van der Waals surface area contributed by atoms with E-state index in [2.05, 4.69) is 15.6 Å². The summed E-state index contributed by atoms with van der Waals surface area (Å²) in [7, 11) is 0. The van der Waals surface area contributed by atoms with Crippen LogP contribution in [0.15, 0.2) is 4.99 Å². The third-order valence-corrected chi connectivity index (χ3v) is 6.33. The molecule has 1 heterocycles. The van der Waals surface area contributed by atoms with Crippen molar-refractivity contribution in [2.24, 2.45) is 28.1 Å². The Kier molecular flexibility index (Phi) is 13.5. The fourth-order valence-electron chi connectivity index (χ4n) is 3.88. The van der Waals surface area contributed by atoms with Crippen LogP contribution in [0.3, 0.4) is 0 Å². The van der Waals surface area contributed by atoms with Crippen LogP contribution in [-0.2, 0) is 19.2 Å². The number of nitrogens with zero attached hydrogens (tertiary/aromatic N) is 2. The fraction of sp³-hybridized carbons (Fsp3) is 0.773. The van der Waals surface area contributed by atoms with Crippen LogP contribution in [0, 0.1) is 5.92 Å². The number of thioether (sulfide) groups is 1. The first-order chi connectivity index (χ1) is 16.5. The van der Waals surface area contributed by atoms with Crippen molar-refractivity contribution >= 4 is 41.4 Å². The van der Waals surface area contributed by atoms with Gasteiger partial charge in [0.05, 0.1) is 6.04 Å².